The highest BCUT2D eigenvalue weighted by Crippen LogP contribution is 2.46. The summed E-state index contributed by atoms with van der Waals surface area (Å²) in [6, 6.07) is -20.3. The highest BCUT2D eigenvalue weighted by molar-refractivity contribution is 6.24. The Bertz CT molecular complexity index is 3730. The zero-order valence-corrected chi connectivity index (χ0v) is 20.4. The maximum atomic E-state index is 9.65. The van der Waals surface area contributed by atoms with Crippen LogP contribution in [0.25, 0.3) is 87.3 Å². The summed E-state index contributed by atoms with van der Waals surface area (Å²) in [5.74, 6) is 0. The largest absolute Gasteiger partial charge is 0.455 e. The first-order valence-electron chi connectivity index (χ1n) is 24.2. The molecular formula is C40H24O. The van der Waals surface area contributed by atoms with E-state index in [0.29, 0.717) is 0 Å². The van der Waals surface area contributed by atoms with Crippen LogP contribution in [-0.4, -0.2) is 0 Å². The van der Waals surface area contributed by atoms with Crippen LogP contribution < -0.4 is 0 Å². The van der Waals surface area contributed by atoms with Crippen LogP contribution in [0.5, 0.6) is 0 Å². The van der Waals surface area contributed by atoms with E-state index in [1.165, 1.54) is 0 Å². The van der Waals surface area contributed by atoms with E-state index in [0.717, 1.165) is 0 Å². The molecule has 0 atom stereocenters. The van der Waals surface area contributed by atoms with Gasteiger partial charge >= 0.3 is 0 Å². The van der Waals surface area contributed by atoms with Gasteiger partial charge in [0.15, 0.2) is 0 Å². The van der Waals surface area contributed by atoms with Crippen LogP contribution in [0.2, 0.25) is 0 Å². The van der Waals surface area contributed by atoms with Crippen molar-refractivity contribution in [3.63, 3.8) is 0 Å². The van der Waals surface area contributed by atoms with Crippen molar-refractivity contribution in [2.24, 2.45) is 0 Å². The van der Waals surface area contributed by atoms with Crippen molar-refractivity contribution in [2.45, 2.75) is 0 Å². The molecule has 41 heavy (non-hydrogen) atoms. The summed E-state index contributed by atoms with van der Waals surface area (Å²) < 4.78 is 220. The van der Waals surface area contributed by atoms with Crippen molar-refractivity contribution in [1.29, 1.82) is 0 Å². The Morgan fingerprint density at radius 3 is 1.63 bits per heavy atom. The zero-order chi connectivity index (χ0) is 47.8. The van der Waals surface area contributed by atoms with E-state index < -0.39 is 222 Å². The average molecular weight is 545 g/mol. The minimum atomic E-state index is -0.938. The molecule has 0 saturated heterocycles. The topological polar surface area (TPSA) is 13.1 Å². The highest BCUT2D eigenvalue weighted by atomic mass is 16.3. The van der Waals surface area contributed by atoms with E-state index in [1.807, 2.05) is 0 Å². The number of fused-ring (bicyclic) bond motifs is 8. The Labute approximate surface area is 270 Å². The third-order valence-corrected chi connectivity index (χ3v) is 6.87. The van der Waals surface area contributed by atoms with Gasteiger partial charge in [0, 0.05) is 16.2 Å². The molecule has 0 aliphatic rings. The van der Waals surface area contributed by atoms with Gasteiger partial charge in [-0.05, 0) is 78.1 Å². The van der Waals surface area contributed by atoms with Crippen LogP contribution in [0, 0.1) is 0 Å². The molecule has 1 heteroatoms. The molecule has 0 N–H and O–H groups in total. The molecule has 0 unspecified atom stereocenters. The van der Waals surface area contributed by atoms with Crippen molar-refractivity contribution in [2.75, 3.05) is 0 Å². The van der Waals surface area contributed by atoms with Crippen molar-refractivity contribution in [3.8, 4) is 22.3 Å². The minimum absolute atomic E-state index is 0.376. The maximum absolute atomic E-state index is 9.65. The van der Waals surface area contributed by atoms with Gasteiger partial charge in [0.1, 0.15) is 11.2 Å². The van der Waals surface area contributed by atoms with Gasteiger partial charge in [-0.1, -0.05) is 127 Å². The molecule has 0 aliphatic heterocycles. The molecule has 1 aromatic heterocycles. The van der Waals surface area contributed by atoms with Gasteiger partial charge in [-0.2, -0.15) is 0 Å². The fourth-order valence-electron chi connectivity index (χ4n) is 5.16. The monoisotopic (exact) mass is 544 g/mol. The smallest absolute Gasteiger partial charge is 0.143 e. The summed E-state index contributed by atoms with van der Waals surface area (Å²) in [5.41, 5.74) is -3.75. The summed E-state index contributed by atoms with van der Waals surface area (Å²) in [4.78, 5) is 0. The van der Waals surface area contributed by atoms with E-state index in [9.17, 15) is 11.0 Å². The molecule has 0 radical (unpaired) electrons. The quantitative estimate of drug-likeness (QED) is 0.197. The zero-order valence-electron chi connectivity index (χ0n) is 44.4. The molecule has 190 valence electrons. The number of hydrogen-bond donors (Lipinski definition) is 0. The second-order valence-corrected chi connectivity index (χ2v) is 9.01. The molecule has 0 amide bonds. The first-order chi connectivity index (χ1) is 30.3. The van der Waals surface area contributed by atoms with E-state index in [1.54, 1.807) is 0 Å². The third kappa shape index (κ3) is 3.24. The molecule has 0 saturated carbocycles. The Balaban J connectivity index is 1.63. The molecule has 9 rings (SSSR count). The van der Waals surface area contributed by atoms with Gasteiger partial charge < -0.3 is 4.42 Å². The number of rotatable bonds is 2. The van der Waals surface area contributed by atoms with Crippen LogP contribution in [0.15, 0.2) is 149 Å². The maximum Gasteiger partial charge on any atom is 0.143 e. The Kier molecular flexibility index (Phi) is 1.94. The molecule has 0 bridgehead atoms. The van der Waals surface area contributed by atoms with Crippen LogP contribution in [0.1, 0.15) is 32.9 Å². The fraction of sp³-hybridized carbons (Fsp3) is 0. The number of benzene rings is 8. The lowest BCUT2D eigenvalue weighted by atomic mass is 9.84. The van der Waals surface area contributed by atoms with Gasteiger partial charge in [-0.15, -0.1) is 0 Å². The van der Waals surface area contributed by atoms with Crippen molar-refractivity contribution < 1.29 is 37.3 Å². The lowest BCUT2D eigenvalue weighted by Crippen LogP contribution is -1.91. The molecule has 0 fully saturated rings. The normalized spacial score (nSPS) is 20.1. The fourth-order valence-corrected chi connectivity index (χ4v) is 5.16. The predicted molar refractivity (Wildman–Crippen MR) is 175 cm³/mol. The van der Waals surface area contributed by atoms with E-state index in [-0.39, 0.29) is 10.8 Å². The van der Waals surface area contributed by atoms with Gasteiger partial charge in [0.2, 0.25) is 0 Å². The van der Waals surface area contributed by atoms with Crippen molar-refractivity contribution in [1.82, 2.24) is 0 Å². The summed E-state index contributed by atoms with van der Waals surface area (Å²) in [7, 11) is 0. The highest BCUT2D eigenvalue weighted by Gasteiger charge is 2.19. The first-order valence-corrected chi connectivity index (χ1v) is 12.2. The van der Waals surface area contributed by atoms with E-state index in [2.05, 4.69) is 0 Å². The molecule has 9 aromatic rings. The molecule has 8 aromatic carbocycles. The first kappa shape index (κ1) is 9.33. The molecular weight excluding hydrogens is 496 g/mol. The lowest BCUT2D eigenvalue weighted by Gasteiger charge is -2.18. The molecule has 0 aliphatic carbocycles. The van der Waals surface area contributed by atoms with Crippen LogP contribution in [0.4, 0.5) is 0 Å². The lowest BCUT2D eigenvalue weighted by molar-refractivity contribution is 0.673. The van der Waals surface area contributed by atoms with Gasteiger partial charge in [-0.25, -0.2) is 0 Å². The second-order valence-electron chi connectivity index (χ2n) is 9.01. The summed E-state index contributed by atoms with van der Waals surface area (Å²) in [6.45, 7) is 0. The molecule has 1 nitrogen and oxygen atoms in total. The minimum Gasteiger partial charge on any atom is -0.455 e. The Morgan fingerprint density at radius 2 is 0.927 bits per heavy atom. The van der Waals surface area contributed by atoms with Gasteiger partial charge in [-0.3, -0.25) is 0 Å². The van der Waals surface area contributed by atoms with Crippen molar-refractivity contribution >= 4 is 65.0 Å². The Hall–Kier alpha value is -5.40. The van der Waals surface area contributed by atoms with Crippen LogP contribution in [0.3, 0.4) is 0 Å². The van der Waals surface area contributed by atoms with Crippen LogP contribution >= 0.6 is 0 Å². The standard InChI is InChI=1S/C40H24O/c1-3-13-28-25(10-1)12-9-19-31(28)39-34-17-7-5-15-32(34)38(33-16-6-8-18-35(33)39)27-21-22-30-36-23-20-26-11-2-4-14-29(26)40(36)41-37(30)24-27/h1-24H/i1D,2D,3D,4D,5D,6D,7D,8D,9D,10D,11D,12D,13D,14D,15D,16D,17D,18D,19D,20D,21D,22D,23D,24D. The van der Waals surface area contributed by atoms with E-state index in [4.69, 9.17) is 26.3 Å². The van der Waals surface area contributed by atoms with Gasteiger partial charge in [0.25, 0.3) is 0 Å². The third-order valence-electron chi connectivity index (χ3n) is 6.87. The number of furan rings is 1. The predicted octanol–water partition coefficient (Wildman–Crippen LogP) is 11.5. The Morgan fingerprint density at radius 1 is 0.390 bits per heavy atom. The summed E-state index contributed by atoms with van der Waals surface area (Å²) >= 11 is 0. The van der Waals surface area contributed by atoms with Gasteiger partial charge in [0.05, 0.1) is 32.9 Å². The number of hydrogen-bond acceptors (Lipinski definition) is 1. The molecule has 0 spiro atoms. The summed E-state index contributed by atoms with van der Waals surface area (Å²) in [6.07, 6.45) is 0. The summed E-state index contributed by atoms with van der Waals surface area (Å²) in [5, 5.41) is -5.44. The van der Waals surface area contributed by atoms with E-state index >= 15 is 0 Å². The van der Waals surface area contributed by atoms with Crippen LogP contribution in [-0.2, 0) is 0 Å². The van der Waals surface area contributed by atoms with Crippen molar-refractivity contribution in [3.05, 3.63) is 145 Å². The molecule has 1 heterocycles. The second kappa shape index (κ2) is 8.55. The average Bonchev–Trinajstić information content (AvgIpc) is 3.68. The SMILES string of the molecule is [2H]c1c([2H])c([2H])c2c(-c3c4c([2H])c([2H])c([2H])c([2H])c4c(-c4c([2H])c([2H])c5c(oc6c7c([2H])c([2H])c([2H])c([2H])c7c([2H])c([2H])c65)c4[2H])c4c([2H])c([2H])c([2H])c([2H])c34)c([2H])c([2H])c([2H])c2c1[2H].